The normalized spacial score (nSPS) is 10.3. The van der Waals surface area contributed by atoms with E-state index in [9.17, 15) is 9.59 Å². The largest absolute Gasteiger partial charge is 0.465 e. The second-order valence-corrected chi connectivity index (χ2v) is 5.50. The molecule has 0 bridgehead atoms. The van der Waals surface area contributed by atoms with E-state index in [0.29, 0.717) is 30.8 Å². The third kappa shape index (κ3) is 5.39. The third-order valence-electron chi connectivity index (χ3n) is 3.72. The first-order chi connectivity index (χ1) is 12.2. The van der Waals surface area contributed by atoms with E-state index >= 15 is 0 Å². The smallest absolute Gasteiger partial charge is 0.337 e. The van der Waals surface area contributed by atoms with E-state index in [4.69, 9.17) is 9.47 Å². The molecule has 132 valence electrons. The molecule has 1 aromatic carbocycles. The molecule has 25 heavy (non-hydrogen) atoms. The molecular weight excluding hydrogens is 320 g/mol. The number of methoxy groups -OCH3 is 2. The van der Waals surface area contributed by atoms with Gasteiger partial charge in [-0.15, -0.1) is 0 Å². The van der Waals surface area contributed by atoms with Gasteiger partial charge in [-0.3, -0.25) is 9.78 Å². The van der Waals surface area contributed by atoms with Crippen molar-refractivity contribution in [3.63, 3.8) is 0 Å². The number of pyridine rings is 1. The molecular formula is C19H22N2O4. The van der Waals surface area contributed by atoms with E-state index in [2.05, 4.69) is 4.98 Å². The molecule has 0 fully saturated rings. The van der Waals surface area contributed by atoms with E-state index in [1.165, 1.54) is 7.11 Å². The molecule has 1 amide bonds. The Hall–Kier alpha value is -2.73. The van der Waals surface area contributed by atoms with Crippen LogP contribution in [0.1, 0.15) is 32.7 Å². The zero-order chi connectivity index (χ0) is 18.1. The highest BCUT2D eigenvalue weighted by atomic mass is 16.5. The third-order valence-corrected chi connectivity index (χ3v) is 3.72. The van der Waals surface area contributed by atoms with Crippen LogP contribution >= 0.6 is 0 Å². The average Bonchev–Trinajstić information content (AvgIpc) is 2.67. The number of ether oxygens (including phenoxy) is 2. The fourth-order valence-electron chi connectivity index (χ4n) is 2.44. The minimum Gasteiger partial charge on any atom is -0.465 e. The Labute approximate surface area is 147 Å². The Bertz CT molecular complexity index is 704. The Kier molecular flexibility index (Phi) is 7.10. The lowest BCUT2D eigenvalue weighted by molar-refractivity contribution is 0.0600. The topological polar surface area (TPSA) is 68.7 Å². The SMILES string of the molecule is COCCCN(Cc1ccncc1)C(=O)c1cccc(C(=O)OC)c1. The monoisotopic (exact) mass is 342 g/mol. The van der Waals surface area contributed by atoms with Crippen LogP contribution in [-0.2, 0) is 16.0 Å². The summed E-state index contributed by atoms with van der Waals surface area (Å²) in [6, 6.07) is 10.3. The van der Waals surface area contributed by atoms with Gasteiger partial charge in [0.15, 0.2) is 0 Å². The minimum atomic E-state index is -0.463. The van der Waals surface area contributed by atoms with Gasteiger partial charge >= 0.3 is 5.97 Å². The number of aromatic nitrogens is 1. The zero-order valence-corrected chi connectivity index (χ0v) is 14.5. The van der Waals surface area contributed by atoms with Crippen LogP contribution in [0.3, 0.4) is 0 Å². The van der Waals surface area contributed by atoms with Crippen LogP contribution in [0.25, 0.3) is 0 Å². The first kappa shape index (κ1) is 18.6. The van der Waals surface area contributed by atoms with Crippen molar-refractivity contribution in [3.8, 4) is 0 Å². The van der Waals surface area contributed by atoms with Crippen molar-refractivity contribution in [2.45, 2.75) is 13.0 Å². The van der Waals surface area contributed by atoms with Crippen molar-refractivity contribution < 1.29 is 19.1 Å². The first-order valence-corrected chi connectivity index (χ1v) is 8.01. The molecule has 1 heterocycles. The lowest BCUT2D eigenvalue weighted by Crippen LogP contribution is -2.32. The summed E-state index contributed by atoms with van der Waals surface area (Å²) in [5.74, 6) is -0.603. The lowest BCUT2D eigenvalue weighted by atomic mass is 10.1. The summed E-state index contributed by atoms with van der Waals surface area (Å²) in [5, 5.41) is 0. The predicted octanol–water partition coefficient (Wildman–Crippen LogP) is 2.55. The maximum atomic E-state index is 12.9. The number of carbonyl (C=O) groups is 2. The molecule has 0 spiro atoms. The van der Waals surface area contributed by atoms with Gasteiger partial charge in [0.2, 0.25) is 0 Å². The molecule has 0 aliphatic heterocycles. The Morgan fingerprint density at radius 2 is 1.80 bits per heavy atom. The molecule has 0 N–H and O–H groups in total. The molecule has 1 aromatic heterocycles. The summed E-state index contributed by atoms with van der Waals surface area (Å²) in [4.78, 5) is 30.4. The molecule has 2 aromatic rings. The summed E-state index contributed by atoms with van der Waals surface area (Å²) in [6.45, 7) is 1.59. The highest BCUT2D eigenvalue weighted by Gasteiger charge is 2.17. The highest BCUT2D eigenvalue weighted by molar-refractivity contribution is 5.97. The summed E-state index contributed by atoms with van der Waals surface area (Å²) >= 11 is 0. The predicted molar refractivity (Wildman–Crippen MR) is 93.3 cm³/mol. The van der Waals surface area contributed by atoms with Crippen LogP contribution in [0.15, 0.2) is 48.8 Å². The van der Waals surface area contributed by atoms with E-state index in [1.54, 1.807) is 48.7 Å². The molecule has 0 aliphatic carbocycles. The van der Waals surface area contributed by atoms with E-state index in [-0.39, 0.29) is 5.91 Å². The maximum Gasteiger partial charge on any atom is 0.337 e. The first-order valence-electron chi connectivity index (χ1n) is 8.01. The lowest BCUT2D eigenvalue weighted by Gasteiger charge is -2.23. The van der Waals surface area contributed by atoms with E-state index in [1.807, 2.05) is 12.1 Å². The molecule has 6 nitrogen and oxygen atoms in total. The Morgan fingerprint density at radius 1 is 1.08 bits per heavy atom. The van der Waals surface area contributed by atoms with Gasteiger partial charge in [-0.1, -0.05) is 6.07 Å². The summed E-state index contributed by atoms with van der Waals surface area (Å²) in [6.07, 6.45) is 4.13. The van der Waals surface area contributed by atoms with E-state index < -0.39 is 5.97 Å². The van der Waals surface area contributed by atoms with Gasteiger partial charge in [-0.25, -0.2) is 4.79 Å². The van der Waals surface area contributed by atoms with Crippen molar-refractivity contribution >= 4 is 11.9 Å². The molecule has 0 unspecified atom stereocenters. The van der Waals surface area contributed by atoms with Gasteiger partial charge in [0.1, 0.15) is 0 Å². The van der Waals surface area contributed by atoms with Crippen LogP contribution in [-0.4, -0.2) is 49.1 Å². The zero-order valence-electron chi connectivity index (χ0n) is 14.5. The quantitative estimate of drug-likeness (QED) is 0.545. The summed E-state index contributed by atoms with van der Waals surface area (Å²) < 4.78 is 9.80. The number of rotatable bonds is 8. The fraction of sp³-hybridized carbons (Fsp3) is 0.316. The van der Waals surface area contributed by atoms with E-state index in [0.717, 1.165) is 12.0 Å². The summed E-state index contributed by atoms with van der Waals surface area (Å²) in [5.41, 5.74) is 1.80. The standard InChI is InChI=1S/C19H22N2O4/c1-24-12-4-11-21(14-15-7-9-20-10-8-15)18(22)16-5-3-6-17(13-16)19(23)25-2/h3,5-10,13H,4,11-12,14H2,1-2H3. The fourth-order valence-corrected chi connectivity index (χ4v) is 2.44. The number of esters is 1. The van der Waals surface area contributed by atoms with Crippen molar-refractivity contribution in [1.29, 1.82) is 0 Å². The van der Waals surface area contributed by atoms with Crippen molar-refractivity contribution in [2.75, 3.05) is 27.4 Å². The average molecular weight is 342 g/mol. The number of hydrogen-bond acceptors (Lipinski definition) is 5. The molecule has 6 heteroatoms. The second kappa shape index (κ2) is 9.54. The van der Waals surface area contributed by atoms with Crippen LogP contribution < -0.4 is 0 Å². The van der Waals surface area contributed by atoms with Crippen molar-refractivity contribution in [3.05, 3.63) is 65.5 Å². The second-order valence-electron chi connectivity index (χ2n) is 5.50. The Balaban J connectivity index is 2.20. The number of amides is 1. The van der Waals surface area contributed by atoms with Gasteiger partial charge in [0.05, 0.1) is 12.7 Å². The van der Waals surface area contributed by atoms with Gasteiger partial charge in [0, 0.05) is 44.8 Å². The molecule has 0 saturated heterocycles. The summed E-state index contributed by atoms with van der Waals surface area (Å²) in [7, 11) is 2.95. The molecule has 0 atom stereocenters. The molecule has 0 saturated carbocycles. The van der Waals surface area contributed by atoms with Gasteiger partial charge in [-0.2, -0.15) is 0 Å². The van der Waals surface area contributed by atoms with Crippen LogP contribution in [0.4, 0.5) is 0 Å². The van der Waals surface area contributed by atoms with Gasteiger partial charge in [-0.05, 0) is 42.3 Å². The number of carbonyl (C=O) groups excluding carboxylic acids is 2. The van der Waals surface area contributed by atoms with Gasteiger partial charge in [0.25, 0.3) is 5.91 Å². The van der Waals surface area contributed by atoms with Crippen molar-refractivity contribution in [2.24, 2.45) is 0 Å². The Morgan fingerprint density at radius 3 is 2.48 bits per heavy atom. The van der Waals surface area contributed by atoms with Crippen LogP contribution in [0, 0.1) is 0 Å². The van der Waals surface area contributed by atoms with Crippen molar-refractivity contribution in [1.82, 2.24) is 9.88 Å². The highest BCUT2D eigenvalue weighted by Crippen LogP contribution is 2.13. The van der Waals surface area contributed by atoms with Crippen LogP contribution in [0.5, 0.6) is 0 Å². The molecule has 0 aliphatic rings. The van der Waals surface area contributed by atoms with Crippen LogP contribution in [0.2, 0.25) is 0 Å². The minimum absolute atomic E-state index is 0.140. The maximum absolute atomic E-state index is 12.9. The number of hydrogen-bond donors (Lipinski definition) is 0. The molecule has 2 rings (SSSR count). The molecule has 0 radical (unpaired) electrons. The van der Waals surface area contributed by atoms with Gasteiger partial charge < -0.3 is 14.4 Å². The number of benzene rings is 1. The number of nitrogens with zero attached hydrogens (tertiary/aromatic N) is 2.